The van der Waals surface area contributed by atoms with Crippen molar-refractivity contribution in [3.8, 4) is 11.5 Å². The molecule has 0 aromatic heterocycles. The number of benzene rings is 3. The zero-order chi connectivity index (χ0) is 22.3. The molecule has 3 aromatic rings. The smallest absolute Gasteiger partial charge is 0.261 e. The van der Waals surface area contributed by atoms with Crippen LogP contribution in [0.3, 0.4) is 0 Å². The van der Waals surface area contributed by atoms with E-state index in [9.17, 15) is 13.2 Å². The van der Waals surface area contributed by atoms with E-state index in [1.807, 2.05) is 6.92 Å². The Morgan fingerprint density at radius 1 is 0.871 bits per heavy atom. The molecular weight excluding hydrogens is 416 g/mol. The highest BCUT2D eigenvalue weighted by Gasteiger charge is 2.14. The van der Waals surface area contributed by atoms with E-state index in [1.54, 1.807) is 79.9 Å². The van der Waals surface area contributed by atoms with Crippen LogP contribution in [0.15, 0.2) is 77.7 Å². The molecule has 3 rings (SSSR count). The van der Waals surface area contributed by atoms with Crippen molar-refractivity contribution in [2.45, 2.75) is 11.8 Å². The molecule has 8 heteroatoms. The molecule has 0 bridgehead atoms. The average Bonchev–Trinajstić information content (AvgIpc) is 2.77. The Hall–Kier alpha value is -3.52. The third-order valence-electron chi connectivity index (χ3n) is 4.45. The van der Waals surface area contributed by atoms with Gasteiger partial charge in [0.15, 0.2) is 0 Å². The van der Waals surface area contributed by atoms with Gasteiger partial charge in [-0.1, -0.05) is 17.7 Å². The zero-order valence-electron chi connectivity index (χ0n) is 17.3. The summed E-state index contributed by atoms with van der Waals surface area (Å²) in [7, 11) is -2.09. The van der Waals surface area contributed by atoms with Crippen LogP contribution in [0.4, 0.5) is 5.69 Å². The van der Waals surface area contributed by atoms with Crippen molar-refractivity contribution in [1.82, 2.24) is 5.32 Å². The standard InChI is InChI=1S/C23H24N2O5S/c1-17-3-13-22(14-4-17)31(27,28)25-19-7-5-18(6-8-19)23(26)24-15-16-30-21-11-9-20(29-2)10-12-21/h3-14,25H,15-16H2,1-2H3,(H,24,26). The first kappa shape index (κ1) is 22.2. The van der Waals surface area contributed by atoms with E-state index >= 15 is 0 Å². The van der Waals surface area contributed by atoms with Crippen LogP contribution in [-0.4, -0.2) is 34.6 Å². The minimum absolute atomic E-state index is 0.178. The van der Waals surface area contributed by atoms with E-state index in [0.717, 1.165) is 11.3 Å². The van der Waals surface area contributed by atoms with Crippen molar-refractivity contribution in [1.29, 1.82) is 0 Å². The number of methoxy groups -OCH3 is 1. The van der Waals surface area contributed by atoms with Crippen molar-refractivity contribution in [2.24, 2.45) is 0 Å². The minimum atomic E-state index is -3.69. The lowest BCUT2D eigenvalue weighted by molar-refractivity contribution is 0.0947. The molecule has 0 saturated carbocycles. The van der Waals surface area contributed by atoms with Crippen molar-refractivity contribution in [3.63, 3.8) is 0 Å². The summed E-state index contributed by atoms with van der Waals surface area (Å²) in [5, 5.41) is 2.76. The van der Waals surface area contributed by atoms with Gasteiger partial charge in [-0.15, -0.1) is 0 Å². The molecule has 0 aliphatic rings. The van der Waals surface area contributed by atoms with Gasteiger partial charge in [0.05, 0.1) is 18.6 Å². The number of carbonyl (C=O) groups excluding carboxylic acids is 1. The highest BCUT2D eigenvalue weighted by molar-refractivity contribution is 7.92. The van der Waals surface area contributed by atoms with Gasteiger partial charge in [-0.05, 0) is 67.6 Å². The topological polar surface area (TPSA) is 93.7 Å². The molecule has 0 spiro atoms. The van der Waals surface area contributed by atoms with Crippen LogP contribution in [-0.2, 0) is 10.0 Å². The normalized spacial score (nSPS) is 10.9. The molecule has 0 saturated heterocycles. The van der Waals surface area contributed by atoms with Gasteiger partial charge < -0.3 is 14.8 Å². The molecule has 31 heavy (non-hydrogen) atoms. The van der Waals surface area contributed by atoms with Gasteiger partial charge in [0, 0.05) is 11.3 Å². The molecule has 162 valence electrons. The number of rotatable bonds is 9. The van der Waals surface area contributed by atoms with Crippen LogP contribution >= 0.6 is 0 Å². The highest BCUT2D eigenvalue weighted by Crippen LogP contribution is 2.18. The Kier molecular flexibility index (Phi) is 7.15. The second kappa shape index (κ2) is 9.99. The first-order valence-corrected chi connectivity index (χ1v) is 11.1. The second-order valence-corrected chi connectivity index (χ2v) is 8.46. The molecule has 0 heterocycles. The van der Waals surface area contributed by atoms with Crippen LogP contribution in [0, 0.1) is 6.92 Å². The van der Waals surface area contributed by atoms with E-state index in [4.69, 9.17) is 9.47 Å². The predicted octanol–water partition coefficient (Wildman–Crippen LogP) is 3.61. The highest BCUT2D eigenvalue weighted by atomic mass is 32.2. The quantitative estimate of drug-likeness (QED) is 0.496. The van der Waals surface area contributed by atoms with Gasteiger partial charge in [0.25, 0.3) is 15.9 Å². The number of hydrogen-bond donors (Lipinski definition) is 2. The summed E-state index contributed by atoms with van der Waals surface area (Å²) in [6, 6.07) is 20.0. The molecular formula is C23H24N2O5S. The molecule has 1 amide bonds. The van der Waals surface area contributed by atoms with Crippen molar-refractivity contribution in [3.05, 3.63) is 83.9 Å². The summed E-state index contributed by atoms with van der Waals surface area (Å²) in [5.74, 6) is 1.15. The molecule has 3 aromatic carbocycles. The lowest BCUT2D eigenvalue weighted by atomic mass is 10.2. The maximum atomic E-state index is 12.4. The second-order valence-electron chi connectivity index (χ2n) is 6.78. The first-order valence-electron chi connectivity index (χ1n) is 9.62. The number of carbonyl (C=O) groups is 1. The van der Waals surface area contributed by atoms with E-state index in [-0.39, 0.29) is 10.8 Å². The fraction of sp³-hybridized carbons (Fsp3) is 0.174. The molecule has 0 aliphatic heterocycles. The lowest BCUT2D eigenvalue weighted by Crippen LogP contribution is -2.28. The van der Waals surface area contributed by atoms with Crippen LogP contribution in [0.5, 0.6) is 11.5 Å². The largest absolute Gasteiger partial charge is 0.497 e. The first-order chi connectivity index (χ1) is 14.9. The lowest BCUT2D eigenvalue weighted by Gasteiger charge is -2.10. The Balaban J connectivity index is 1.49. The van der Waals surface area contributed by atoms with Gasteiger partial charge in [-0.3, -0.25) is 9.52 Å². The maximum Gasteiger partial charge on any atom is 0.261 e. The average molecular weight is 441 g/mol. The molecule has 0 aliphatic carbocycles. The van der Waals surface area contributed by atoms with Crippen molar-refractivity contribution >= 4 is 21.6 Å². The van der Waals surface area contributed by atoms with E-state index in [0.29, 0.717) is 30.2 Å². The van der Waals surface area contributed by atoms with Gasteiger partial charge in [0.2, 0.25) is 0 Å². The van der Waals surface area contributed by atoms with E-state index < -0.39 is 10.0 Å². The summed E-state index contributed by atoms with van der Waals surface area (Å²) in [5.41, 5.74) is 1.77. The minimum Gasteiger partial charge on any atom is -0.497 e. The van der Waals surface area contributed by atoms with Crippen molar-refractivity contribution < 1.29 is 22.7 Å². The number of anilines is 1. The number of sulfonamides is 1. The fourth-order valence-corrected chi connectivity index (χ4v) is 3.79. The summed E-state index contributed by atoms with van der Waals surface area (Å²) in [6.45, 7) is 2.53. The fourth-order valence-electron chi connectivity index (χ4n) is 2.73. The molecule has 2 N–H and O–H groups in total. The zero-order valence-corrected chi connectivity index (χ0v) is 18.1. The van der Waals surface area contributed by atoms with Crippen molar-refractivity contribution in [2.75, 3.05) is 25.0 Å². The van der Waals surface area contributed by atoms with Crippen LogP contribution in [0.2, 0.25) is 0 Å². The molecule has 0 unspecified atom stereocenters. The Labute approximate surface area is 182 Å². The number of hydrogen-bond acceptors (Lipinski definition) is 5. The predicted molar refractivity (Wildman–Crippen MR) is 119 cm³/mol. The van der Waals surface area contributed by atoms with Crippen LogP contribution < -0.4 is 19.5 Å². The number of nitrogens with one attached hydrogen (secondary N) is 2. The summed E-state index contributed by atoms with van der Waals surface area (Å²) < 4.78 is 38.1. The summed E-state index contributed by atoms with van der Waals surface area (Å²) >= 11 is 0. The molecule has 0 fully saturated rings. The SMILES string of the molecule is COc1ccc(OCCNC(=O)c2ccc(NS(=O)(=O)c3ccc(C)cc3)cc2)cc1. The van der Waals surface area contributed by atoms with E-state index in [2.05, 4.69) is 10.0 Å². The van der Waals surface area contributed by atoms with Gasteiger partial charge in [0.1, 0.15) is 18.1 Å². The third kappa shape index (κ3) is 6.23. The molecule has 7 nitrogen and oxygen atoms in total. The monoisotopic (exact) mass is 440 g/mol. The number of amides is 1. The van der Waals surface area contributed by atoms with E-state index in [1.165, 1.54) is 0 Å². The van der Waals surface area contributed by atoms with Gasteiger partial charge in [-0.25, -0.2) is 8.42 Å². The third-order valence-corrected chi connectivity index (χ3v) is 5.84. The molecule has 0 atom stereocenters. The van der Waals surface area contributed by atoms with Gasteiger partial charge >= 0.3 is 0 Å². The Bertz CT molecular complexity index is 1110. The summed E-state index contributed by atoms with van der Waals surface area (Å²) in [6.07, 6.45) is 0. The van der Waals surface area contributed by atoms with Gasteiger partial charge in [-0.2, -0.15) is 0 Å². The number of aryl methyl sites for hydroxylation is 1. The van der Waals surface area contributed by atoms with Crippen LogP contribution in [0.25, 0.3) is 0 Å². The maximum absolute atomic E-state index is 12.4. The molecule has 0 radical (unpaired) electrons. The Morgan fingerprint density at radius 2 is 1.48 bits per heavy atom. The summed E-state index contributed by atoms with van der Waals surface area (Å²) in [4.78, 5) is 12.4. The van der Waals surface area contributed by atoms with Crippen LogP contribution in [0.1, 0.15) is 15.9 Å². The number of ether oxygens (including phenoxy) is 2. The Morgan fingerprint density at radius 3 is 2.10 bits per heavy atom.